The summed E-state index contributed by atoms with van der Waals surface area (Å²) < 4.78 is 5.40. The third kappa shape index (κ3) is 4.59. The van der Waals surface area contributed by atoms with Crippen LogP contribution in [0.15, 0.2) is 42.5 Å². The SMILES string of the molecule is CCOc1ccc(C(=O)Nc2nnc(C3CC(=O)N(c4ccc(C)c(C)c4)C3)s2)cc1. The fourth-order valence-corrected chi connectivity index (χ4v) is 4.33. The summed E-state index contributed by atoms with van der Waals surface area (Å²) in [5.41, 5.74) is 3.77. The zero-order valence-electron chi connectivity index (χ0n) is 17.7. The average molecular weight is 437 g/mol. The van der Waals surface area contributed by atoms with E-state index in [0.29, 0.717) is 30.3 Å². The molecule has 1 aliphatic heterocycles. The van der Waals surface area contributed by atoms with E-state index in [1.165, 1.54) is 16.9 Å². The lowest BCUT2D eigenvalue weighted by atomic mass is 10.1. The lowest BCUT2D eigenvalue weighted by Gasteiger charge is -2.17. The maximum atomic E-state index is 12.6. The molecule has 31 heavy (non-hydrogen) atoms. The number of hydrogen-bond donors (Lipinski definition) is 1. The molecule has 1 fully saturated rings. The van der Waals surface area contributed by atoms with Gasteiger partial charge in [0, 0.05) is 30.1 Å². The molecule has 0 radical (unpaired) electrons. The third-order valence-corrected chi connectivity index (χ3v) is 6.37. The molecule has 3 aromatic rings. The number of rotatable bonds is 6. The summed E-state index contributed by atoms with van der Waals surface area (Å²) in [6.45, 7) is 7.14. The van der Waals surface area contributed by atoms with Crippen molar-refractivity contribution >= 4 is 34.0 Å². The van der Waals surface area contributed by atoms with Crippen molar-refractivity contribution in [2.24, 2.45) is 0 Å². The summed E-state index contributed by atoms with van der Waals surface area (Å²) >= 11 is 1.31. The summed E-state index contributed by atoms with van der Waals surface area (Å²) in [7, 11) is 0. The lowest BCUT2D eigenvalue weighted by Crippen LogP contribution is -2.24. The number of aromatic nitrogens is 2. The van der Waals surface area contributed by atoms with Crippen LogP contribution in [0.3, 0.4) is 0 Å². The highest BCUT2D eigenvalue weighted by molar-refractivity contribution is 7.15. The number of anilines is 2. The van der Waals surface area contributed by atoms with Gasteiger partial charge in [0.05, 0.1) is 6.61 Å². The molecule has 2 heterocycles. The summed E-state index contributed by atoms with van der Waals surface area (Å²) in [5, 5.41) is 12.3. The van der Waals surface area contributed by atoms with Crippen molar-refractivity contribution in [3.63, 3.8) is 0 Å². The fraction of sp³-hybridized carbons (Fsp3) is 0.304. The summed E-state index contributed by atoms with van der Waals surface area (Å²) in [6.07, 6.45) is 0.383. The Morgan fingerprint density at radius 1 is 1.16 bits per heavy atom. The van der Waals surface area contributed by atoms with Gasteiger partial charge in [-0.2, -0.15) is 0 Å². The van der Waals surface area contributed by atoms with Crippen molar-refractivity contribution < 1.29 is 14.3 Å². The Hall–Kier alpha value is -3.26. The predicted molar refractivity (Wildman–Crippen MR) is 121 cm³/mol. The second-order valence-corrected chi connectivity index (χ2v) is 8.54. The molecule has 1 saturated heterocycles. The number of nitrogens with zero attached hydrogens (tertiary/aromatic N) is 3. The number of carbonyl (C=O) groups is 2. The van der Waals surface area contributed by atoms with Crippen LogP contribution in [0.2, 0.25) is 0 Å². The van der Waals surface area contributed by atoms with E-state index in [9.17, 15) is 9.59 Å². The van der Waals surface area contributed by atoms with Crippen LogP contribution in [0.25, 0.3) is 0 Å². The van der Waals surface area contributed by atoms with Gasteiger partial charge < -0.3 is 9.64 Å². The fourth-order valence-electron chi connectivity index (χ4n) is 3.50. The molecular formula is C23H24N4O3S. The quantitative estimate of drug-likeness (QED) is 0.622. The van der Waals surface area contributed by atoms with Gasteiger partial charge in [0.15, 0.2) is 0 Å². The molecule has 1 unspecified atom stereocenters. The number of benzene rings is 2. The molecule has 1 aliphatic rings. The standard InChI is InChI=1S/C23H24N4O3S/c1-4-30-19-9-6-16(7-10-19)21(29)24-23-26-25-22(31-23)17-12-20(28)27(13-17)18-8-5-14(2)15(3)11-18/h5-11,17H,4,12-13H2,1-3H3,(H,24,26,29). The minimum atomic E-state index is -0.259. The highest BCUT2D eigenvalue weighted by Gasteiger charge is 2.34. The third-order valence-electron chi connectivity index (χ3n) is 5.37. The van der Waals surface area contributed by atoms with E-state index in [-0.39, 0.29) is 17.7 Å². The first-order chi connectivity index (χ1) is 14.9. The van der Waals surface area contributed by atoms with E-state index in [4.69, 9.17) is 4.74 Å². The Labute approximate surface area is 185 Å². The Bertz CT molecular complexity index is 1110. The Kier molecular flexibility index (Phi) is 5.99. The van der Waals surface area contributed by atoms with Crippen molar-refractivity contribution in [3.05, 3.63) is 64.2 Å². The molecule has 8 heteroatoms. The van der Waals surface area contributed by atoms with Crippen molar-refractivity contribution in [2.75, 3.05) is 23.4 Å². The number of amides is 2. The molecular weight excluding hydrogens is 412 g/mol. The van der Waals surface area contributed by atoms with Crippen LogP contribution in [0.4, 0.5) is 10.8 Å². The van der Waals surface area contributed by atoms with Crippen LogP contribution in [0.5, 0.6) is 5.75 Å². The number of hydrogen-bond acceptors (Lipinski definition) is 6. The second-order valence-electron chi connectivity index (χ2n) is 7.53. The Morgan fingerprint density at radius 3 is 2.65 bits per heavy atom. The molecule has 7 nitrogen and oxygen atoms in total. The van der Waals surface area contributed by atoms with E-state index >= 15 is 0 Å². The first-order valence-electron chi connectivity index (χ1n) is 10.2. The summed E-state index contributed by atoms with van der Waals surface area (Å²) in [5.74, 6) is 0.493. The van der Waals surface area contributed by atoms with Crippen molar-refractivity contribution in [1.29, 1.82) is 0 Å². The van der Waals surface area contributed by atoms with Crippen molar-refractivity contribution in [3.8, 4) is 5.75 Å². The molecule has 1 N–H and O–H groups in total. The minimum Gasteiger partial charge on any atom is -0.494 e. The van der Waals surface area contributed by atoms with Gasteiger partial charge in [-0.3, -0.25) is 14.9 Å². The van der Waals surface area contributed by atoms with Gasteiger partial charge in [-0.25, -0.2) is 0 Å². The smallest absolute Gasteiger partial charge is 0.257 e. The highest BCUT2D eigenvalue weighted by Crippen LogP contribution is 2.34. The van der Waals surface area contributed by atoms with E-state index < -0.39 is 0 Å². The molecule has 160 valence electrons. The largest absolute Gasteiger partial charge is 0.494 e. The number of ether oxygens (including phenoxy) is 1. The number of nitrogens with one attached hydrogen (secondary N) is 1. The Balaban J connectivity index is 1.42. The van der Waals surface area contributed by atoms with Gasteiger partial charge in [0.2, 0.25) is 11.0 Å². The average Bonchev–Trinajstić information content (AvgIpc) is 3.37. The van der Waals surface area contributed by atoms with E-state index in [2.05, 4.69) is 22.4 Å². The van der Waals surface area contributed by atoms with Crippen LogP contribution in [0.1, 0.15) is 45.8 Å². The maximum absolute atomic E-state index is 12.6. The molecule has 2 aromatic carbocycles. The van der Waals surface area contributed by atoms with Crippen LogP contribution >= 0.6 is 11.3 Å². The first kappa shape index (κ1) is 21.0. The molecule has 0 saturated carbocycles. The molecule has 0 spiro atoms. The van der Waals surface area contributed by atoms with E-state index in [0.717, 1.165) is 22.0 Å². The molecule has 1 atom stereocenters. The summed E-state index contributed by atoms with van der Waals surface area (Å²) in [6, 6.07) is 13.0. The van der Waals surface area contributed by atoms with Crippen LogP contribution in [-0.4, -0.2) is 35.2 Å². The Morgan fingerprint density at radius 2 is 1.94 bits per heavy atom. The second kappa shape index (κ2) is 8.85. The predicted octanol–water partition coefficient (Wildman–Crippen LogP) is 4.33. The van der Waals surface area contributed by atoms with Crippen LogP contribution in [0, 0.1) is 13.8 Å². The first-order valence-corrected chi connectivity index (χ1v) is 11.0. The van der Waals surface area contributed by atoms with Gasteiger partial charge >= 0.3 is 0 Å². The maximum Gasteiger partial charge on any atom is 0.257 e. The molecule has 1 aromatic heterocycles. The zero-order chi connectivity index (χ0) is 22.0. The summed E-state index contributed by atoms with van der Waals surface area (Å²) in [4.78, 5) is 26.9. The van der Waals surface area contributed by atoms with Crippen molar-refractivity contribution in [1.82, 2.24) is 10.2 Å². The monoisotopic (exact) mass is 436 g/mol. The minimum absolute atomic E-state index is 0.0391. The highest BCUT2D eigenvalue weighted by atomic mass is 32.1. The van der Waals surface area contributed by atoms with E-state index in [1.807, 2.05) is 32.0 Å². The van der Waals surface area contributed by atoms with Gasteiger partial charge in [-0.1, -0.05) is 17.4 Å². The van der Waals surface area contributed by atoms with Crippen molar-refractivity contribution in [2.45, 2.75) is 33.1 Å². The van der Waals surface area contributed by atoms with Gasteiger partial charge in [0.1, 0.15) is 10.8 Å². The number of aryl methyl sites for hydroxylation is 2. The molecule has 0 bridgehead atoms. The van der Waals surface area contributed by atoms with Crippen LogP contribution < -0.4 is 15.0 Å². The van der Waals surface area contributed by atoms with Gasteiger partial charge in [0.25, 0.3) is 5.91 Å². The van der Waals surface area contributed by atoms with Gasteiger partial charge in [-0.15, -0.1) is 10.2 Å². The topological polar surface area (TPSA) is 84.4 Å². The molecule has 0 aliphatic carbocycles. The van der Waals surface area contributed by atoms with Gasteiger partial charge in [-0.05, 0) is 68.3 Å². The zero-order valence-corrected chi connectivity index (χ0v) is 18.5. The molecule has 2 amide bonds. The number of carbonyl (C=O) groups excluding carboxylic acids is 2. The normalized spacial score (nSPS) is 15.9. The molecule has 4 rings (SSSR count). The van der Waals surface area contributed by atoms with Crippen LogP contribution in [-0.2, 0) is 4.79 Å². The van der Waals surface area contributed by atoms with E-state index in [1.54, 1.807) is 29.2 Å². The lowest BCUT2D eigenvalue weighted by molar-refractivity contribution is -0.117.